The number of carbonyl (C=O) groups is 3. The molecule has 0 radical (unpaired) electrons. The van der Waals surface area contributed by atoms with Crippen LogP contribution in [0.5, 0.6) is 0 Å². The molecule has 0 saturated carbocycles. The summed E-state index contributed by atoms with van der Waals surface area (Å²) >= 11 is 0. The monoisotopic (exact) mass is 284 g/mol. The van der Waals surface area contributed by atoms with Crippen LogP contribution in [-0.2, 0) is 19.1 Å². The summed E-state index contributed by atoms with van der Waals surface area (Å²) in [5, 5.41) is 11.4. The molecule has 2 rings (SSSR count). The van der Waals surface area contributed by atoms with Crippen molar-refractivity contribution in [2.24, 2.45) is 0 Å². The van der Waals surface area contributed by atoms with Gasteiger partial charge in [-0.2, -0.15) is 0 Å². The first-order valence-corrected chi connectivity index (χ1v) is 6.96. The number of likely N-dealkylation sites (tertiary alicyclic amines) is 1. The average molecular weight is 284 g/mol. The van der Waals surface area contributed by atoms with E-state index in [-0.39, 0.29) is 5.91 Å². The number of ether oxygens (including phenoxy) is 1. The van der Waals surface area contributed by atoms with Crippen LogP contribution in [0, 0.1) is 0 Å². The quantitative estimate of drug-likeness (QED) is 0.742. The van der Waals surface area contributed by atoms with Gasteiger partial charge < -0.3 is 20.1 Å². The number of aliphatic carboxylic acids is 1. The number of carboxylic acids is 1. The number of amides is 2. The second kappa shape index (κ2) is 6.21. The second-order valence-electron chi connectivity index (χ2n) is 5.29. The summed E-state index contributed by atoms with van der Waals surface area (Å²) in [6.07, 6.45) is 0.992. The maximum absolute atomic E-state index is 12.0. The minimum atomic E-state index is -1.05. The molecule has 0 aliphatic carbocycles. The average Bonchev–Trinajstić information content (AvgIpc) is 3.08. The third kappa shape index (κ3) is 3.27. The lowest BCUT2D eigenvalue weighted by molar-refractivity contribution is -0.152. The van der Waals surface area contributed by atoms with Crippen LogP contribution in [0.25, 0.3) is 0 Å². The maximum Gasteiger partial charge on any atom is 0.332 e. The van der Waals surface area contributed by atoms with Gasteiger partial charge in [-0.15, -0.1) is 0 Å². The molecule has 2 aliphatic heterocycles. The van der Waals surface area contributed by atoms with E-state index >= 15 is 0 Å². The first-order chi connectivity index (χ1) is 9.49. The highest BCUT2D eigenvalue weighted by Gasteiger charge is 2.36. The standard InChI is InChI=1S/C13H20N2O5/c1-8(12(17)15-6-2-3-7-15)14-11(16)9-4-5-10(20-9)13(18)19/h8-10H,2-7H2,1H3,(H,14,16)(H,18,19)/t8?,9-,10+/m0/s1. The predicted octanol–water partition coefficient (Wildman–Crippen LogP) is -0.254. The molecule has 2 saturated heterocycles. The van der Waals surface area contributed by atoms with Crippen molar-refractivity contribution < 1.29 is 24.2 Å². The summed E-state index contributed by atoms with van der Waals surface area (Å²) in [7, 11) is 0. The molecule has 0 aromatic rings. The van der Waals surface area contributed by atoms with Gasteiger partial charge in [-0.1, -0.05) is 0 Å². The lowest BCUT2D eigenvalue weighted by atomic mass is 10.2. The van der Waals surface area contributed by atoms with Crippen LogP contribution >= 0.6 is 0 Å². The zero-order valence-corrected chi connectivity index (χ0v) is 11.5. The summed E-state index contributed by atoms with van der Waals surface area (Å²) < 4.78 is 5.15. The number of carbonyl (C=O) groups excluding carboxylic acids is 2. The van der Waals surface area contributed by atoms with E-state index in [0.717, 1.165) is 25.9 Å². The van der Waals surface area contributed by atoms with Gasteiger partial charge in [0.25, 0.3) is 0 Å². The molecular formula is C13H20N2O5. The Bertz CT molecular complexity index is 406. The smallest absolute Gasteiger partial charge is 0.332 e. The van der Waals surface area contributed by atoms with Gasteiger partial charge in [0.05, 0.1) is 0 Å². The van der Waals surface area contributed by atoms with Crippen LogP contribution < -0.4 is 5.32 Å². The topological polar surface area (TPSA) is 95.9 Å². The molecule has 2 N–H and O–H groups in total. The van der Waals surface area contributed by atoms with Gasteiger partial charge in [-0.05, 0) is 32.6 Å². The molecule has 0 aromatic heterocycles. The van der Waals surface area contributed by atoms with Crippen LogP contribution in [0.1, 0.15) is 32.6 Å². The number of hydrogen-bond acceptors (Lipinski definition) is 4. The Morgan fingerprint density at radius 3 is 2.35 bits per heavy atom. The Kier molecular flexibility index (Phi) is 4.59. The minimum Gasteiger partial charge on any atom is -0.479 e. The normalized spacial score (nSPS) is 27.4. The lowest BCUT2D eigenvalue weighted by Crippen LogP contribution is -2.48. The van der Waals surface area contributed by atoms with E-state index in [9.17, 15) is 14.4 Å². The molecule has 7 heteroatoms. The summed E-state index contributed by atoms with van der Waals surface area (Å²) in [6.45, 7) is 3.11. The number of hydrogen-bond donors (Lipinski definition) is 2. The van der Waals surface area contributed by atoms with Crippen molar-refractivity contribution in [1.82, 2.24) is 10.2 Å². The van der Waals surface area contributed by atoms with Gasteiger partial charge in [-0.25, -0.2) is 4.79 Å². The summed E-state index contributed by atoms with van der Waals surface area (Å²) in [5.74, 6) is -1.56. The molecular weight excluding hydrogens is 264 g/mol. The van der Waals surface area contributed by atoms with Gasteiger partial charge in [0.15, 0.2) is 6.10 Å². The van der Waals surface area contributed by atoms with Gasteiger partial charge in [0, 0.05) is 13.1 Å². The van der Waals surface area contributed by atoms with Gasteiger partial charge in [0.2, 0.25) is 11.8 Å². The van der Waals surface area contributed by atoms with Crippen LogP contribution in [-0.4, -0.2) is 59.1 Å². The van der Waals surface area contributed by atoms with Crippen LogP contribution in [0.15, 0.2) is 0 Å². The molecule has 20 heavy (non-hydrogen) atoms. The highest BCUT2D eigenvalue weighted by molar-refractivity contribution is 5.89. The van der Waals surface area contributed by atoms with E-state index in [2.05, 4.69) is 5.32 Å². The molecule has 0 aromatic carbocycles. The predicted molar refractivity (Wildman–Crippen MR) is 68.9 cm³/mol. The van der Waals surface area contributed by atoms with Gasteiger partial charge in [-0.3, -0.25) is 9.59 Å². The van der Waals surface area contributed by atoms with Crippen LogP contribution in [0.4, 0.5) is 0 Å². The molecule has 0 bridgehead atoms. The van der Waals surface area contributed by atoms with Crippen molar-refractivity contribution in [3.8, 4) is 0 Å². The number of carboxylic acid groups (broad SMARTS) is 1. The van der Waals surface area contributed by atoms with E-state index < -0.39 is 30.1 Å². The Hall–Kier alpha value is -1.63. The molecule has 7 nitrogen and oxygen atoms in total. The van der Waals surface area contributed by atoms with Gasteiger partial charge >= 0.3 is 5.97 Å². The maximum atomic E-state index is 12.0. The van der Waals surface area contributed by atoms with Crippen molar-refractivity contribution in [3.63, 3.8) is 0 Å². The summed E-state index contributed by atoms with van der Waals surface area (Å²) in [4.78, 5) is 36.5. The Balaban J connectivity index is 1.82. The number of rotatable bonds is 4. The fourth-order valence-electron chi connectivity index (χ4n) is 2.59. The third-order valence-corrected chi connectivity index (χ3v) is 3.73. The third-order valence-electron chi connectivity index (χ3n) is 3.73. The second-order valence-corrected chi connectivity index (χ2v) is 5.29. The van der Waals surface area contributed by atoms with Gasteiger partial charge in [0.1, 0.15) is 12.1 Å². The molecule has 2 amide bonds. The van der Waals surface area contributed by atoms with Crippen molar-refractivity contribution in [3.05, 3.63) is 0 Å². The summed E-state index contributed by atoms with van der Waals surface area (Å²) in [5.41, 5.74) is 0. The molecule has 0 spiro atoms. The molecule has 2 aliphatic rings. The van der Waals surface area contributed by atoms with Crippen molar-refractivity contribution >= 4 is 17.8 Å². The van der Waals surface area contributed by atoms with Crippen molar-refractivity contribution in [2.45, 2.75) is 50.9 Å². The van der Waals surface area contributed by atoms with Crippen LogP contribution in [0.3, 0.4) is 0 Å². The van der Waals surface area contributed by atoms with E-state index in [1.165, 1.54) is 0 Å². The molecule has 1 unspecified atom stereocenters. The molecule has 2 heterocycles. The lowest BCUT2D eigenvalue weighted by Gasteiger charge is -2.22. The number of nitrogens with one attached hydrogen (secondary N) is 1. The number of nitrogens with zero attached hydrogens (tertiary/aromatic N) is 1. The zero-order valence-electron chi connectivity index (χ0n) is 11.5. The molecule has 2 fully saturated rings. The summed E-state index contributed by atoms with van der Waals surface area (Å²) in [6, 6.07) is -0.604. The highest BCUT2D eigenvalue weighted by Crippen LogP contribution is 2.20. The largest absolute Gasteiger partial charge is 0.479 e. The molecule has 112 valence electrons. The Labute approximate surface area is 117 Å². The van der Waals surface area contributed by atoms with Crippen LogP contribution in [0.2, 0.25) is 0 Å². The molecule has 3 atom stereocenters. The Morgan fingerprint density at radius 2 is 1.80 bits per heavy atom. The van der Waals surface area contributed by atoms with E-state index in [1.54, 1.807) is 11.8 Å². The Morgan fingerprint density at radius 1 is 1.20 bits per heavy atom. The first-order valence-electron chi connectivity index (χ1n) is 6.96. The van der Waals surface area contributed by atoms with Crippen molar-refractivity contribution in [1.29, 1.82) is 0 Å². The van der Waals surface area contributed by atoms with E-state index in [4.69, 9.17) is 9.84 Å². The van der Waals surface area contributed by atoms with E-state index in [1.807, 2.05) is 0 Å². The first kappa shape index (κ1) is 14.8. The van der Waals surface area contributed by atoms with E-state index in [0.29, 0.717) is 12.8 Å². The zero-order chi connectivity index (χ0) is 14.7. The van der Waals surface area contributed by atoms with Crippen molar-refractivity contribution in [2.75, 3.05) is 13.1 Å². The highest BCUT2D eigenvalue weighted by atomic mass is 16.5. The minimum absolute atomic E-state index is 0.0939. The SMILES string of the molecule is CC(NC(=O)[C@@H]1CC[C@H](C(=O)O)O1)C(=O)N1CCCC1. The fourth-order valence-corrected chi connectivity index (χ4v) is 2.59. The fraction of sp³-hybridized carbons (Fsp3) is 0.769.